The molecule has 1 aromatic rings. The molecule has 18 heavy (non-hydrogen) atoms. The zero-order valence-electron chi connectivity index (χ0n) is 10.8. The molecule has 4 heteroatoms. The number of benzene rings is 1. The zero-order chi connectivity index (χ0) is 13.1. The average molecular weight is 249 g/mol. The Balaban J connectivity index is 1.90. The highest BCUT2D eigenvalue weighted by Crippen LogP contribution is 2.33. The molecule has 0 radical (unpaired) electrons. The molecule has 0 saturated heterocycles. The summed E-state index contributed by atoms with van der Waals surface area (Å²) in [7, 11) is 3.47. The first-order chi connectivity index (χ1) is 8.58. The lowest BCUT2D eigenvalue weighted by molar-refractivity contribution is -0.129. The number of carbonyl (C=O) groups excluding carboxylic acids is 1. The minimum atomic E-state index is -0.329. The fourth-order valence-corrected chi connectivity index (χ4v) is 2.14. The van der Waals surface area contributed by atoms with E-state index in [1.54, 1.807) is 19.0 Å². The van der Waals surface area contributed by atoms with Crippen LogP contribution in [0.2, 0.25) is 0 Å². The molecule has 0 aromatic heterocycles. The Morgan fingerprint density at radius 1 is 1.50 bits per heavy atom. The van der Waals surface area contributed by atoms with Crippen LogP contribution in [-0.4, -0.2) is 36.6 Å². The Morgan fingerprint density at radius 3 is 3.00 bits per heavy atom. The Kier molecular flexibility index (Phi) is 3.87. The summed E-state index contributed by atoms with van der Waals surface area (Å²) in [6.45, 7) is 0.387. The summed E-state index contributed by atoms with van der Waals surface area (Å²) in [6, 6.07) is 5.73. The molecule has 1 N–H and O–H groups in total. The largest absolute Gasteiger partial charge is 0.493 e. The van der Waals surface area contributed by atoms with Gasteiger partial charge in [-0.1, -0.05) is 6.07 Å². The average Bonchev–Trinajstić information content (AvgIpc) is 2.70. The molecule has 0 heterocycles. The second-order valence-corrected chi connectivity index (χ2v) is 4.80. The highest BCUT2D eigenvalue weighted by molar-refractivity contribution is 5.75. The van der Waals surface area contributed by atoms with Crippen LogP contribution in [0, 0.1) is 0 Å². The number of aryl methyl sites for hydroxylation is 1. The minimum absolute atomic E-state index is 0.0617. The van der Waals surface area contributed by atoms with E-state index in [0.29, 0.717) is 13.0 Å². The van der Waals surface area contributed by atoms with Gasteiger partial charge >= 0.3 is 0 Å². The minimum Gasteiger partial charge on any atom is -0.493 e. The van der Waals surface area contributed by atoms with E-state index < -0.39 is 0 Å². The number of ether oxygens (including phenoxy) is 1. The number of hydrogen-bond donors (Lipinski definition) is 1. The molecule has 1 aliphatic carbocycles. The van der Waals surface area contributed by atoms with Gasteiger partial charge in [-0.2, -0.15) is 0 Å². The van der Waals surface area contributed by atoms with E-state index in [2.05, 4.69) is 0 Å². The van der Waals surface area contributed by atoms with Crippen molar-refractivity contribution in [3.8, 4) is 5.75 Å². The van der Waals surface area contributed by atoms with Crippen molar-refractivity contribution in [1.29, 1.82) is 0 Å². The Morgan fingerprint density at radius 2 is 2.28 bits per heavy atom. The number of nitrogens with zero attached hydrogens (tertiary/aromatic N) is 1. The lowest BCUT2D eigenvalue weighted by atomic mass is 10.1. The molecular formula is C14H19NO3. The Bertz CT molecular complexity index is 443. The summed E-state index contributed by atoms with van der Waals surface area (Å²) in [4.78, 5) is 12.9. The normalized spacial score (nSPS) is 17.4. The molecule has 1 amide bonds. The van der Waals surface area contributed by atoms with Gasteiger partial charge in [0.25, 0.3) is 0 Å². The van der Waals surface area contributed by atoms with Crippen LogP contribution in [-0.2, 0) is 11.2 Å². The number of aliphatic hydroxyl groups excluding tert-OH is 1. The van der Waals surface area contributed by atoms with Gasteiger partial charge in [-0.15, -0.1) is 0 Å². The molecule has 0 spiro atoms. The van der Waals surface area contributed by atoms with Gasteiger partial charge in [-0.3, -0.25) is 4.79 Å². The molecule has 0 fully saturated rings. The molecule has 4 nitrogen and oxygen atoms in total. The molecule has 1 aliphatic rings. The van der Waals surface area contributed by atoms with Gasteiger partial charge in [0, 0.05) is 14.1 Å². The SMILES string of the molecule is CN(C)C(=O)CCOc1ccc2c(c1)CC[C@@H]2O. The van der Waals surface area contributed by atoms with E-state index >= 15 is 0 Å². The second kappa shape index (κ2) is 5.40. The van der Waals surface area contributed by atoms with Crippen LogP contribution >= 0.6 is 0 Å². The van der Waals surface area contributed by atoms with Crippen LogP contribution in [0.15, 0.2) is 18.2 Å². The second-order valence-electron chi connectivity index (χ2n) is 4.80. The molecule has 1 atom stereocenters. The lowest BCUT2D eigenvalue weighted by Gasteiger charge is -2.11. The highest BCUT2D eigenvalue weighted by Gasteiger charge is 2.20. The number of amides is 1. The molecule has 0 bridgehead atoms. The third kappa shape index (κ3) is 2.82. The smallest absolute Gasteiger partial charge is 0.225 e. The molecule has 2 rings (SSSR count). The van der Waals surface area contributed by atoms with E-state index in [9.17, 15) is 9.90 Å². The van der Waals surface area contributed by atoms with Gasteiger partial charge in [-0.25, -0.2) is 0 Å². The lowest BCUT2D eigenvalue weighted by Crippen LogP contribution is -2.23. The summed E-state index contributed by atoms with van der Waals surface area (Å²) < 4.78 is 5.56. The third-order valence-electron chi connectivity index (χ3n) is 3.24. The monoisotopic (exact) mass is 249 g/mol. The van der Waals surface area contributed by atoms with Crippen LogP contribution in [0.25, 0.3) is 0 Å². The van der Waals surface area contributed by atoms with Crippen molar-refractivity contribution in [2.75, 3.05) is 20.7 Å². The van der Waals surface area contributed by atoms with Crippen molar-refractivity contribution in [2.45, 2.75) is 25.4 Å². The predicted molar refractivity (Wildman–Crippen MR) is 68.5 cm³/mol. The van der Waals surface area contributed by atoms with Crippen molar-refractivity contribution in [3.05, 3.63) is 29.3 Å². The Labute approximate surface area is 107 Å². The number of rotatable bonds is 4. The van der Waals surface area contributed by atoms with Crippen molar-refractivity contribution in [1.82, 2.24) is 4.90 Å². The fourth-order valence-electron chi connectivity index (χ4n) is 2.14. The molecular weight excluding hydrogens is 230 g/mol. The van der Waals surface area contributed by atoms with Gasteiger partial charge in [0.05, 0.1) is 19.1 Å². The molecule has 1 aromatic carbocycles. The number of aliphatic hydroxyl groups is 1. The predicted octanol–water partition coefficient (Wildman–Crippen LogP) is 1.52. The summed E-state index contributed by atoms with van der Waals surface area (Å²) in [6.07, 6.45) is 1.74. The van der Waals surface area contributed by atoms with E-state index in [1.807, 2.05) is 18.2 Å². The first kappa shape index (κ1) is 12.9. The van der Waals surface area contributed by atoms with Crippen molar-refractivity contribution >= 4 is 5.91 Å². The quantitative estimate of drug-likeness (QED) is 0.880. The van der Waals surface area contributed by atoms with Crippen molar-refractivity contribution in [2.24, 2.45) is 0 Å². The van der Waals surface area contributed by atoms with E-state index in [0.717, 1.165) is 29.7 Å². The summed E-state index contributed by atoms with van der Waals surface area (Å²) in [5.74, 6) is 0.834. The maximum atomic E-state index is 11.4. The van der Waals surface area contributed by atoms with Crippen molar-refractivity contribution < 1.29 is 14.6 Å². The van der Waals surface area contributed by atoms with Gasteiger partial charge in [0.15, 0.2) is 0 Å². The van der Waals surface area contributed by atoms with Gasteiger partial charge in [0.1, 0.15) is 5.75 Å². The van der Waals surface area contributed by atoms with E-state index in [4.69, 9.17) is 4.74 Å². The van der Waals surface area contributed by atoms with Gasteiger partial charge in [0.2, 0.25) is 5.91 Å². The summed E-state index contributed by atoms with van der Waals surface area (Å²) in [5.41, 5.74) is 2.16. The topological polar surface area (TPSA) is 49.8 Å². The van der Waals surface area contributed by atoms with Crippen LogP contribution in [0.4, 0.5) is 0 Å². The molecule has 0 aliphatic heterocycles. The number of carbonyl (C=O) groups is 1. The highest BCUT2D eigenvalue weighted by atomic mass is 16.5. The number of fused-ring (bicyclic) bond motifs is 1. The van der Waals surface area contributed by atoms with Crippen LogP contribution in [0.5, 0.6) is 5.75 Å². The molecule has 0 unspecified atom stereocenters. The maximum absolute atomic E-state index is 11.4. The molecule has 98 valence electrons. The first-order valence-corrected chi connectivity index (χ1v) is 6.22. The maximum Gasteiger partial charge on any atom is 0.225 e. The summed E-state index contributed by atoms with van der Waals surface area (Å²) >= 11 is 0. The van der Waals surface area contributed by atoms with Crippen LogP contribution < -0.4 is 4.74 Å². The van der Waals surface area contributed by atoms with Gasteiger partial charge < -0.3 is 14.7 Å². The third-order valence-corrected chi connectivity index (χ3v) is 3.24. The zero-order valence-corrected chi connectivity index (χ0v) is 10.8. The van der Waals surface area contributed by atoms with E-state index in [1.165, 1.54) is 0 Å². The standard InChI is InChI=1S/C14H19NO3/c1-15(2)14(17)7-8-18-11-4-5-12-10(9-11)3-6-13(12)16/h4-5,9,13,16H,3,6-8H2,1-2H3/t13-/m0/s1. The van der Waals surface area contributed by atoms with Crippen LogP contribution in [0.1, 0.15) is 30.1 Å². The van der Waals surface area contributed by atoms with Crippen molar-refractivity contribution in [3.63, 3.8) is 0 Å². The molecule has 0 saturated carbocycles. The fraction of sp³-hybridized carbons (Fsp3) is 0.500. The van der Waals surface area contributed by atoms with Crippen LogP contribution in [0.3, 0.4) is 0 Å². The number of hydrogen-bond acceptors (Lipinski definition) is 3. The summed E-state index contributed by atoms with van der Waals surface area (Å²) in [5, 5.41) is 9.69. The van der Waals surface area contributed by atoms with Gasteiger partial charge in [-0.05, 0) is 36.1 Å². The first-order valence-electron chi connectivity index (χ1n) is 6.22. The van der Waals surface area contributed by atoms with E-state index in [-0.39, 0.29) is 12.0 Å². The Hall–Kier alpha value is -1.55.